The summed E-state index contributed by atoms with van der Waals surface area (Å²) in [6.07, 6.45) is 5.12. The molecule has 8 nitrogen and oxygen atoms in total. The van der Waals surface area contributed by atoms with Crippen molar-refractivity contribution in [1.82, 2.24) is 25.4 Å². The van der Waals surface area contributed by atoms with Gasteiger partial charge in [-0.05, 0) is 55.7 Å². The molecule has 0 spiro atoms. The Morgan fingerprint density at radius 1 is 1.03 bits per heavy atom. The molecule has 0 bridgehead atoms. The first-order chi connectivity index (χ1) is 13.9. The number of nitrogens with one attached hydrogen (secondary N) is 3. The van der Waals surface area contributed by atoms with Crippen LogP contribution in [0.3, 0.4) is 0 Å². The molecule has 3 rings (SSSR count). The highest BCUT2D eigenvalue weighted by Gasteiger charge is 2.10. The number of benzene rings is 1. The van der Waals surface area contributed by atoms with E-state index in [9.17, 15) is 9.59 Å². The number of carbonyl (C=O) groups excluding carboxylic acids is 2. The summed E-state index contributed by atoms with van der Waals surface area (Å²) in [7, 11) is 0. The van der Waals surface area contributed by atoms with Crippen LogP contribution in [0.5, 0.6) is 0 Å². The molecule has 0 atom stereocenters. The van der Waals surface area contributed by atoms with Gasteiger partial charge in [-0.2, -0.15) is 5.10 Å². The van der Waals surface area contributed by atoms with Gasteiger partial charge in [0.25, 0.3) is 0 Å². The summed E-state index contributed by atoms with van der Waals surface area (Å²) in [5.74, 6) is 0.387. The second kappa shape index (κ2) is 9.01. The second-order valence-corrected chi connectivity index (χ2v) is 6.83. The smallest absolute Gasteiger partial charge is 0.315 e. The van der Waals surface area contributed by atoms with Gasteiger partial charge in [-0.1, -0.05) is 17.7 Å². The first kappa shape index (κ1) is 20.1. The number of amides is 3. The van der Waals surface area contributed by atoms with Gasteiger partial charge in [0.1, 0.15) is 0 Å². The average Bonchev–Trinajstić information content (AvgIpc) is 3.22. The lowest BCUT2D eigenvalue weighted by Gasteiger charge is -2.13. The molecule has 1 aromatic carbocycles. The summed E-state index contributed by atoms with van der Waals surface area (Å²) in [6, 6.07) is 9.05. The van der Waals surface area contributed by atoms with Gasteiger partial charge in [0.15, 0.2) is 5.82 Å². The fraction of sp³-hybridized carbons (Fsp3) is 0.238. The van der Waals surface area contributed by atoms with E-state index in [0.29, 0.717) is 12.4 Å². The molecule has 0 radical (unpaired) electrons. The number of urea groups is 1. The molecule has 29 heavy (non-hydrogen) atoms. The third kappa shape index (κ3) is 5.41. The standard InChI is InChI=1S/C21H24N6O2/c1-14-9-15(2)20(16(3)10-14)26-19(28)13-24-21(29)23-12-17-5-7-22-18(11-17)27-8-4-6-25-27/h4-11H,12-13H2,1-3H3,(H,26,28)(H2,23,24,29). The molecular weight excluding hydrogens is 368 g/mol. The molecule has 2 aromatic heterocycles. The van der Waals surface area contributed by atoms with E-state index < -0.39 is 6.03 Å². The highest BCUT2D eigenvalue weighted by Crippen LogP contribution is 2.21. The van der Waals surface area contributed by atoms with Crippen LogP contribution >= 0.6 is 0 Å². The maximum Gasteiger partial charge on any atom is 0.315 e. The fourth-order valence-corrected chi connectivity index (χ4v) is 3.07. The maximum atomic E-state index is 12.2. The summed E-state index contributed by atoms with van der Waals surface area (Å²) in [5.41, 5.74) is 4.78. The molecule has 0 saturated carbocycles. The zero-order valence-electron chi connectivity index (χ0n) is 16.7. The van der Waals surface area contributed by atoms with Crippen molar-refractivity contribution < 1.29 is 9.59 Å². The summed E-state index contributed by atoms with van der Waals surface area (Å²) < 4.78 is 1.64. The van der Waals surface area contributed by atoms with E-state index in [1.807, 2.05) is 51.1 Å². The number of pyridine rings is 1. The van der Waals surface area contributed by atoms with Gasteiger partial charge in [-0.25, -0.2) is 14.5 Å². The summed E-state index contributed by atoms with van der Waals surface area (Å²) in [6.45, 7) is 6.09. The molecule has 8 heteroatoms. The van der Waals surface area contributed by atoms with Gasteiger partial charge in [0, 0.05) is 30.8 Å². The van der Waals surface area contributed by atoms with Gasteiger partial charge in [0.2, 0.25) is 5.91 Å². The molecule has 150 valence electrons. The van der Waals surface area contributed by atoms with Gasteiger partial charge < -0.3 is 16.0 Å². The molecule has 0 aliphatic heterocycles. The van der Waals surface area contributed by atoms with E-state index in [0.717, 1.165) is 27.9 Å². The van der Waals surface area contributed by atoms with Crippen LogP contribution in [0.1, 0.15) is 22.3 Å². The molecule has 3 N–H and O–H groups in total. The number of aryl methyl sites for hydroxylation is 3. The second-order valence-electron chi connectivity index (χ2n) is 6.83. The number of carbonyl (C=O) groups is 2. The van der Waals surface area contributed by atoms with Crippen molar-refractivity contribution in [3.05, 3.63) is 71.2 Å². The Morgan fingerprint density at radius 3 is 2.48 bits per heavy atom. The Hall–Kier alpha value is -3.68. The van der Waals surface area contributed by atoms with Crippen LogP contribution in [0, 0.1) is 20.8 Å². The predicted molar refractivity (Wildman–Crippen MR) is 111 cm³/mol. The number of hydrogen-bond donors (Lipinski definition) is 3. The average molecular weight is 392 g/mol. The van der Waals surface area contributed by atoms with E-state index in [2.05, 4.69) is 26.0 Å². The zero-order valence-corrected chi connectivity index (χ0v) is 16.7. The zero-order chi connectivity index (χ0) is 20.8. The van der Waals surface area contributed by atoms with Crippen LogP contribution in [0.15, 0.2) is 48.9 Å². The Balaban J connectivity index is 1.48. The van der Waals surface area contributed by atoms with Crippen molar-refractivity contribution in [2.75, 3.05) is 11.9 Å². The number of anilines is 1. The lowest BCUT2D eigenvalue weighted by atomic mass is 10.1. The van der Waals surface area contributed by atoms with Crippen molar-refractivity contribution in [1.29, 1.82) is 0 Å². The van der Waals surface area contributed by atoms with Crippen LogP contribution in [-0.2, 0) is 11.3 Å². The molecular formula is C21H24N6O2. The summed E-state index contributed by atoms with van der Waals surface area (Å²) in [5, 5.41) is 12.3. The summed E-state index contributed by atoms with van der Waals surface area (Å²) in [4.78, 5) is 28.5. The Kier molecular flexibility index (Phi) is 6.23. The Morgan fingerprint density at radius 2 is 1.79 bits per heavy atom. The van der Waals surface area contributed by atoms with E-state index in [4.69, 9.17) is 0 Å². The number of nitrogens with zero attached hydrogens (tertiary/aromatic N) is 3. The van der Waals surface area contributed by atoms with Gasteiger partial charge in [-0.3, -0.25) is 4.79 Å². The van der Waals surface area contributed by atoms with E-state index >= 15 is 0 Å². The van der Waals surface area contributed by atoms with Crippen LogP contribution in [0.2, 0.25) is 0 Å². The quantitative estimate of drug-likeness (QED) is 0.600. The van der Waals surface area contributed by atoms with E-state index in [1.54, 1.807) is 23.3 Å². The van der Waals surface area contributed by atoms with Crippen LogP contribution in [-0.4, -0.2) is 33.2 Å². The van der Waals surface area contributed by atoms with Gasteiger partial charge in [-0.15, -0.1) is 0 Å². The largest absolute Gasteiger partial charge is 0.334 e. The monoisotopic (exact) mass is 392 g/mol. The molecule has 3 aromatic rings. The Bertz CT molecular complexity index is 991. The first-order valence-corrected chi connectivity index (χ1v) is 9.26. The van der Waals surface area contributed by atoms with Gasteiger partial charge >= 0.3 is 6.03 Å². The molecule has 0 fully saturated rings. The van der Waals surface area contributed by atoms with Crippen LogP contribution in [0.25, 0.3) is 5.82 Å². The highest BCUT2D eigenvalue weighted by atomic mass is 16.2. The van der Waals surface area contributed by atoms with Crippen LogP contribution in [0.4, 0.5) is 10.5 Å². The fourth-order valence-electron chi connectivity index (χ4n) is 3.07. The SMILES string of the molecule is Cc1cc(C)c(NC(=O)CNC(=O)NCc2ccnc(-n3cccn3)c2)c(C)c1. The minimum Gasteiger partial charge on any atom is -0.334 e. The van der Waals surface area contributed by atoms with Crippen molar-refractivity contribution in [3.8, 4) is 5.82 Å². The molecule has 2 heterocycles. The van der Waals surface area contributed by atoms with Crippen LogP contribution < -0.4 is 16.0 Å². The molecule has 3 amide bonds. The van der Waals surface area contributed by atoms with Crippen molar-refractivity contribution in [3.63, 3.8) is 0 Å². The topological polar surface area (TPSA) is 101 Å². The minimum atomic E-state index is -0.421. The lowest BCUT2D eigenvalue weighted by Crippen LogP contribution is -2.39. The summed E-state index contributed by atoms with van der Waals surface area (Å²) >= 11 is 0. The minimum absolute atomic E-state index is 0.118. The molecule has 0 saturated heterocycles. The molecule has 0 aliphatic carbocycles. The molecule has 0 unspecified atom stereocenters. The maximum absolute atomic E-state index is 12.2. The highest BCUT2D eigenvalue weighted by molar-refractivity contribution is 5.95. The lowest BCUT2D eigenvalue weighted by molar-refractivity contribution is -0.115. The van der Waals surface area contributed by atoms with Crippen molar-refractivity contribution in [2.45, 2.75) is 27.3 Å². The van der Waals surface area contributed by atoms with Crippen molar-refractivity contribution in [2.24, 2.45) is 0 Å². The third-order valence-electron chi connectivity index (χ3n) is 4.35. The number of rotatable bonds is 6. The third-order valence-corrected chi connectivity index (χ3v) is 4.35. The number of aromatic nitrogens is 3. The normalized spacial score (nSPS) is 10.4. The van der Waals surface area contributed by atoms with Crippen molar-refractivity contribution >= 4 is 17.6 Å². The Labute approximate surface area is 169 Å². The van der Waals surface area contributed by atoms with E-state index in [1.165, 1.54) is 0 Å². The molecule has 0 aliphatic rings. The van der Waals surface area contributed by atoms with Gasteiger partial charge in [0.05, 0.1) is 6.54 Å². The van der Waals surface area contributed by atoms with E-state index in [-0.39, 0.29) is 12.5 Å². The first-order valence-electron chi connectivity index (χ1n) is 9.26. The predicted octanol–water partition coefficient (Wildman–Crippen LogP) is 2.63. The number of hydrogen-bond acceptors (Lipinski definition) is 4.